The fraction of sp³-hybridized carbons (Fsp3) is 0. The molecule has 0 saturated carbocycles. The van der Waals surface area contributed by atoms with Gasteiger partial charge in [0, 0.05) is 16.5 Å². The highest BCUT2D eigenvalue weighted by Gasteiger charge is 2.24. The van der Waals surface area contributed by atoms with E-state index in [1.807, 2.05) is 60.7 Å². The average molecular weight is 358 g/mol. The Morgan fingerprint density at radius 1 is 0.741 bits per heavy atom. The Labute approximate surface area is 154 Å². The van der Waals surface area contributed by atoms with Crippen molar-refractivity contribution in [2.24, 2.45) is 0 Å². The molecule has 4 rings (SSSR count). The van der Waals surface area contributed by atoms with Gasteiger partial charge in [0.2, 0.25) is 0 Å². The van der Waals surface area contributed by atoms with E-state index in [0.717, 1.165) is 11.1 Å². The number of carboxylic acid groups (broad SMARTS) is 2. The Hall–Kier alpha value is -3.86. The Bertz CT molecular complexity index is 1160. The second kappa shape index (κ2) is 6.46. The van der Waals surface area contributed by atoms with Crippen LogP contribution in [0.2, 0.25) is 0 Å². The first kappa shape index (κ1) is 16.6. The molecular weight excluding hydrogens is 344 g/mol. The first-order valence-electron chi connectivity index (χ1n) is 8.24. The van der Waals surface area contributed by atoms with Crippen molar-refractivity contribution in [1.82, 2.24) is 0 Å². The van der Waals surface area contributed by atoms with Gasteiger partial charge in [0.05, 0.1) is 11.1 Å². The van der Waals surface area contributed by atoms with Gasteiger partial charge in [-0.1, -0.05) is 60.7 Å². The summed E-state index contributed by atoms with van der Waals surface area (Å²) in [6, 6.07) is 21.2. The Kier molecular flexibility index (Phi) is 3.97. The van der Waals surface area contributed by atoms with Crippen molar-refractivity contribution >= 4 is 22.9 Å². The zero-order valence-corrected chi connectivity index (χ0v) is 14.0. The molecule has 0 bridgehead atoms. The summed E-state index contributed by atoms with van der Waals surface area (Å²) >= 11 is 0. The minimum Gasteiger partial charge on any atom is -0.478 e. The highest BCUT2D eigenvalue weighted by Crippen LogP contribution is 2.42. The maximum atomic E-state index is 11.9. The van der Waals surface area contributed by atoms with Gasteiger partial charge in [0.1, 0.15) is 11.3 Å². The molecule has 0 amide bonds. The molecule has 2 N–H and O–H groups in total. The molecule has 132 valence electrons. The second-order valence-electron chi connectivity index (χ2n) is 6.05. The van der Waals surface area contributed by atoms with Gasteiger partial charge in [-0.25, -0.2) is 9.59 Å². The molecule has 0 saturated heterocycles. The van der Waals surface area contributed by atoms with Crippen molar-refractivity contribution < 1.29 is 24.2 Å². The van der Waals surface area contributed by atoms with Gasteiger partial charge in [-0.15, -0.1) is 0 Å². The second-order valence-corrected chi connectivity index (χ2v) is 6.05. The summed E-state index contributed by atoms with van der Waals surface area (Å²) in [5.41, 5.74) is 2.19. The minimum absolute atomic E-state index is 0.102. The molecule has 1 aromatic heterocycles. The van der Waals surface area contributed by atoms with Gasteiger partial charge >= 0.3 is 11.9 Å². The van der Waals surface area contributed by atoms with E-state index in [1.54, 1.807) is 0 Å². The maximum Gasteiger partial charge on any atom is 0.336 e. The lowest BCUT2D eigenvalue weighted by molar-refractivity contribution is 0.0696. The number of carboxylic acids is 2. The summed E-state index contributed by atoms with van der Waals surface area (Å²) in [6.07, 6.45) is 0. The summed E-state index contributed by atoms with van der Waals surface area (Å²) in [5.74, 6) is -1.92. The third kappa shape index (κ3) is 2.85. The van der Waals surface area contributed by atoms with Gasteiger partial charge in [0.25, 0.3) is 0 Å². The van der Waals surface area contributed by atoms with Crippen LogP contribution in [0.25, 0.3) is 33.4 Å². The van der Waals surface area contributed by atoms with E-state index in [2.05, 4.69) is 0 Å². The third-order valence-corrected chi connectivity index (χ3v) is 4.37. The van der Waals surface area contributed by atoms with Crippen LogP contribution in [0.5, 0.6) is 0 Å². The Morgan fingerprint density at radius 2 is 1.33 bits per heavy atom. The van der Waals surface area contributed by atoms with Gasteiger partial charge < -0.3 is 14.6 Å². The normalized spacial score (nSPS) is 10.8. The Morgan fingerprint density at radius 3 is 1.89 bits per heavy atom. The van der Waals surface area contributed by atoms with Crippen molar-refractivity contribution in [1.29, 1.82) is 0 Å². The van der Waals surface area contributed by atoms with Crippen molar-refractivity contribution in [3.8, 4) is 22.5 Å². The molecule has 27 heavy (non-hydrogen) atoms. The zero-order valence-electron chi connectivity index (χ0n) is 14.0. The number of aromatic carboxylic acids is 2. The molecule has 5 nitrogen and oxygen atoms in total. The molecule has 5 heteroatoms. The molecule has 0 spiro atoms. The van der Waals surface area contributed by atoms with Crippen LogP contribution in [0.15, 0.2) is 77.2 Å². The summed E-state index contributed by atoms with van der Waals surface area (Å²) < 4.78 is 5.99. The molecule has 1 heterocycles. The minimum atomic E-state index is -1.21. The molecule has 3 aromatic carbocycles. The third-order valence-electron chi connectivity index (χ3n) is 4.37. The van der Waals surface area contributed by atoms with Crippen molar-refractivity contribution in [2.75, 3.05) is 0 Å². The first-order chi connectivity index (χ1) is 13.1. The van der Waals surface area contributed by atoms with Crippen molar-refractivity contribution in [3.05, 3.63) is 83.9 Å². The predicted molar refractivity (Wildman–Crippen MR) is 101 cm³/mol. The quantitative estimate of drug-likeness (QED) is 0.526. The number of benzene rings is 3. The highest BCUT2D eigenvalue weighted by molar-refractivity contribution is 6.14. The van der Waals surface area contributed by atoms with Gasteiger partial charge in [-0.2, -0.15) is 0 Å². The molecular formula is C22H14O5. The summed E-state index contributed by atoms with van der Waals surface area (Å²) in [6.45, 7) is 0. The topological polar surface area (TPSA) is 87.7 Å². The summed E-state index contributed by atoms with van der Waals surface area (Å²) in [4.78, 5) is 23.3. The molecule has 0 aliphatic carbocycles. The number of hydrogen-bond acceptors (Lipinski definition) is 3. The van der Waals surface area contributed by atoms with E-state index in [0.29, 0.717) is 16.7 Å². The molecule has 0 fully saturated rings. The fourth-order valence-electron chi connectivity index (χ4n) is 3.19. The number of hydrogen-bond donors (Lipinski definition) is 2. The van der Waals surface area contributed by atoms with E-state index in [9.17, 15) is 19.8 Å². The number of rotatable bonds is 4. The standard InChI is InChI=1S/C22H14O5/c23-21(24)15-11-16(22(25)26)19-17(12-15)27-20(14-9-5-2-6-10-14)18(19)13-7-3-1-4-8-13/h1-12H,(H,23,24)(H,25,26). The van der Waals surface area contributed by atoms with Crippen LogP contribution in [0.1, 0.15) is 20.7 Å². The lowest BCUT2D eigenvalue weighted by atomic mass is 9.95. The molecule has 0 radical (unpaired) electrons. The van der Waals surface area contributed by atoms with Gasteiger partial charge in [0.15, 0.2) is 0 Å². The van der Waals surface area contributed by atoms with E-state index in [4.69, 9.17) is 4.42 Å². The van der Waals surface area contributed by atoms with Crippen molar-refractivity contribution in [3.63, 3.8) is 0 Å². The predicted octanol–water partition coefficient (Wildman–Crippen LogP) is 5.16. The van der Waals surface area contributed by atoms with E-state index < -0.39 is 11.9 Å². The summed E-state index contributed by atoms with van der Waals surface area (Å²) in [5, 5.41) is 19.4. The van der Waals surface area contributed by atoms with Crippen LogP contribution < -0.4 is 0 Å². The van der Waals surface area contributed by atoms with E-state index in [1.165, 1.54) is 12.1 Å². The smallest absolute Gasteiger partial charge is 0.336 e. The number of furan rings is 1. The lowest BCUT2D eigenvalue weighted by Gasteiger charge is -2.06. The van der Waals surface area contributed by atoms with Crippen molar-refractivity contribution in [2.45, 2.75) is 0 Å². The van der Waals surface area contributed by atoms with Crippen LogP contribution >= 0.6 is 0 Å². The highest BCUT2D eigenvalue weighted by atomic mass is 16.4. The number of carbonyl (C=O) groups is 2. The van der Waals surface area contributed by atoms with Gasteiger partial charge in [-0.05, 0) is 17.7 Å². The summed E-state index contributed by atoms with van der Waals surface area (Å²) in [7, 11) is 0. The first-order valence-corrected chi connectivity index (χ1v) is 8.24. The Balaban J connectivity index is 2.16. The zero-order chi connectivity index (χ0) is 19.0. The van der Waals surface area contributed by atoms with Crippen LogP contribution in [0.4, 0.5) is 0 Å². The van der Waals surface area contributed by atoms with Crippen LogP contribution in [0.3, 0.4) is 0 Å². The number of fused-ring (bicyclic) bond motifs is 1. The largest absolute Gasteiger partial charge is 0.478 e. The monoisotopic (exact) mass is 358 g/mol. The fourth-order valence-corrected chi connectivity index (χ4v) is 3.19. The van der Waals surface area contributed by atoms with Crippen LogP contribution in [-0.4, -0.2) is 22.2 Å². The molecule has 0 unspecified atom stereocenters. The lowest BCUT2D eigenvalue weighted by Crippen LogP contribution is -2.03. The van der Waals surface area contributed by atoms with E-state index in [-0.39, 0.29) is 16.7 Å². The maximum absolute atomic E-state index is 11.9. The molecule has 4 aromatic rings. The van der Waals surface area contributed by atoms with E-state index >= 15 is 0 Å². The average Bonchev–Trinajstić information content (AvgIpc) is 3.08. The van der Waals surface area contributed by atoms with Crippen LogP contribution in [-0.2, 0) is 0 Å². The van der Waals surface area contributed by atoms with Gasteiger partial charge in [-0.3, -0.25) is 0 Å². The SMILES string of the molecule is O=C(O)c1cc(C(=O)O)c2c(-c3ccccc3)c(-c3ccccc3)oc2c1. The van der Waals surface area contributed by atoms with Crippen LogP contribution in [0, 0.1) is 0 Å². The molecule has 0 aliphatic heterocycles. The molecule has 0 atom stereocenters. The molecule has 0 aliphatic rings.